The maximum Gasteiger partial charge on any atom is 0.272 e. The average molecular weight is 170 g/mol. The molecule has 0 aliphatic rings. The van der Waals surface area contributed by atoms with Crippen molar-refractivity contribution in [2.75, 3.05) is 7.11 Å². The summed E-state index contributed by atoms with van der Waals surface area (Å²) in [6, 6.07) is 0. The van der Waals surface area contributed by atoms with Gasteiger partial charge < -0.3 is 4.74 Å². The number of aromatic nitrogens is 2. The molecule has 0 fully saturated rings. The van der Waals surface area contributed by atoms with Gasteiger partial charge in [0, 0.05) is 13.2 Å². The number of hydrazine groups is 1. The van der Waals surface area contributed by atoms with E-state index < -0.39 is 5.91 Å². The first-order valence-electron chi connectivity index (χ1n) is 3.27. The summed E-state index contributed by atoms with van der Waals surface area (Å²) in [6.45, 7) is 0. The lowest BCUT2D eigenvalue weighted by atomic mass is 10.3. The van der Waals surface area contributed by atoms with Gasteiger partial charge in [-0.15, -0.1) is 5.10 Å². The Morgan fingerprint density at radius 3 is 3.00 bits per heavy atom. The van der Waals surface area contributed by atoms with Crippen molar-refractivity contribution in [3.05, 3.63) is 11.8 Å². The number of nitrogens with one attached hydrogen (secondary N) is 1. The van der Waals surface area contributed by atoms with E-state index in [0.717, 1.165) is 0 Å². The molecule has 1 amide bonds. The van der Waals surface area contributed by atoms with Crippen LogP contribution in [0.5, 0.6) is 5.88 Å². The molecule has 0 saturated heterocycles. The number of hydrogen-bond donors (Lipinski definition) is 2. The molecule has 0 unspecified atom stereocenters. The Morgan fingerprint density at radius 1 is 1.83 bits per heavy atom. The molecule has 1 aromatic rings. The van der Waals surface area contributed by atoms with E-state index in [9.17, 15) is 4.79 Å². The van der Waals surface area contributed by atoms with Gasteiger partial charge in [0.2, 0.25) is 5.88 Å². The van der Waals surface area contributed by atoms with Gasteiger partial charge in [-0.2, -0.15) is 0 Å². The van der Waals surface area contributed by atoms with E-state index in [0.29, 0.717) is 5.56 Å². The number of hydrogen-bond acceptors (Lipinski definition) is 4. The predicted molar refractivity (Wildman–Crippen MR) is 41.4 cm³/mol. The Morgan fingerprint density at radius 2 is 2.50 bits per heavy atom. The van der Waals surface area contributed by atoms with Gasteiger partial charge in [0.1, 0.15) is 5.56 Å². The topological polar surface area (TPSA) is 82.2 Å². The summed E-state index contributed by atoms with van der Waals surface area (Å²) >= 11 is 0. The number of amides is 1. The number of carbonyl (C=O) groups excluding carboxylic acids is 1. The van der Waals surface area contributed by atoms with Crippen LogP contribution in [0.1, 0.15) is 10.4 Å². The quantitative estimate of drug-likeness (QED) is 0.340. The molecule has 1 heterocycles. The van der Waals surface area contributed by atoms with Crippen LogP contribution in [0.25, 0.3) is 0 Å². The van der Waals surface area contributed by atoms with E-state index in [-0.39, 0.29) is 5.88 Å². The summed E-state index contributed by atoms with van der Waals surface area (Å²) in [5.41, 5.74) is 2.32. The maximum absolute atomic E-state index is 11.0. The Hall–Kier alpha value is -1.56. The average Bonchev–Trinajstić information content (AvgIpc) is 2.45. The van der Waals surface area contributed by atoms with Gasteiger partial charge in [-0.1, -0.05) is 0 Å². The lowest BCUT2D eigenvalue weighted by molar-refractivity contribution is 0.0950. The summed E-state index contributed by atoms with van der Waals surface area (Å²) in [6.07, 6.45) is 1.53. The first-order valence-corrected chi connectivity index (χ1v) is 3.27. The zero-order chi connectivity index (χ0) is 9.14. The van der Waals surface area contributed by atoms with Crippen molar-refractivity contribution >= 4 is 5.91 Å². The number of nitrogens with zero attached hydrogens (tertiary/aromatic N) is 2. The minimum absolute atomic E-state index is 0.264. The summed E-state index contributed by atoms with van der Waals surface area (Å²) in [7, 11) is 3.13. The van der Waals surface area contributed by atoms with E-state index >= 15 is 0 Å². The Bertz CT molecular complexity index is 294. The second-order valence-corrected chi connectivity index (χ2v) is 2.20. The van der Waals surface area contributed by atoms with Crippen LogP contribution >= 0.6 is 0 Å². The number of rotatable bonds is 2. The number of carbonyl (C=O) groups is 1. The number of aryl methyl sites for hydroxylation is 1. The Labute approximate surface area is 69.3 Å². The fraction of sp³-hybridized carbons (Fsp3) is 0.333. The Kier molecular flexibility index (Phi) is 2.29. The van der Waals surface area contributed by atoms with Gasteiger partial charge in [0.25, 0.3) is 5.91 Å². The minimum Gasteiger partial charge on any atom is -0.479 e. The molecule has 3 N–H and O–H groups in total. The van der Waals surface area contributed by atoms with Gasteiger partial charge >= 0.3 is 0 Å². The second-order valence-electron chi connectivity index (χ2n) is 2.20. The summed E-state index contributed by atoms with van der Waals surface area (Å²) < 4.78 is 6.32. The van der Waals surface area contributed by atoms with Crippen LogP contribution in [0.15, 0.2) is 6.20 Å². The predicted octanol–water partition coefficient (Wildman–Crippen LogP) is -0.968. The van der Waals surface area contributed by atoms with Crippen LogP contribution in [0.4, 0.5) is 0 Å². The van der Waals surface area contributed by atoms with E-state index in [4.69, 9.17) is 10.6 Å². The van der Waals surface area contributed by atoms with Crippen molar-refractivity contribution in [2.24, 2.45) is 12.9 Å². The van der Waals surface area contributed by atoms with Gasteiger partial charge in [-0.25, -0.2) is 5.84 Å². The van der Waals surface area contributed by atoms with Crippen LogP contribution in [0.2, 0.25) is 0 Å². The summed E-state index contributed by atoms with van der Waals surface area (Å²) in [5, 5.41) is 3.88. The first-order chi connectivity index (χ1) is 5.69. The molecule has 1 rings (SSSR count). The molecule has 0 aromatic carbocycles. The van der Waals surface area contributed by atoms with E-state index in [1.807, 2.05) is 5.43 Å². The van der Waals surface area contributed by atoms with E-state index in [2.05, 4.69) is 5.10 Å². The molecule has 0 atom stereocenters. The van der Waals surface area contributed by atoms with Crippen molar-refractivity contribution in [1.82, 2.24) is 15.2 Å². The largest absolute Gasteiger partial charge is 0.479 e. The zero-order valence-electron chi connectivity index (χ0n) is 6.87. The standard InChI is InChI=1S/C6H10N4O2/c1-10-3-4(5(11)8-7)6(9-10)12-2/h3H,7H2,1-2H3,(H,8,11). The zero-order valence-corrected chi connectivity index (χ0v) is 6.87. The molecule has 66 valence electrons. The summed E-state index contributed by atoms with van der Waals surface area (Å²) in [5.74, 6) is 4.79. The van der Waals surface area contributed by atoms with Crippen molar-refractivity contribution in [1.29, 1.82) is 0 Å². The molecule has 6 nitrogen and oxygen atoms in total. The fourth-order valence-corrected chi connectivity index (χ4v) is 0.852. The van der Waals surface area contributed by atoms with Gasteiger partial charge in [-0.05, 0) is 0 Å². The molecule has 0 spiro atoms. The van der Waals surface area contributed by atoms with Crippen LogP contribution in [-0.2, 0) is 7.05 Å². The smallest absolute Gasteiger partial charge is 0.272 e. The van der Waals surface area contributed by atoms with Crippen LogP contribution < -0.4 is 16.0 Å². The van der Waals surface area contributed by atoms with Gasteiger partial charge in [-0.3, -0.25) is 14.9 Å². The highest BCUT2D eigenvalue weighted by Gasteiger charge is 2.14. The van der Waals surface area contributed by atoms with Crippen molar-refractivity contribution in [3.8, 4) is 5.88 Å². The number of ether oxygens (including phenoxy) is 1. The number of nitrogens with two attached hydrogens (primary N) is 1. The SMILES string of the molecule is COc1nn(C)cc1C(=O)NN. The van der Waals surface area contributed by atoms with Crippen molar-refractivity contribution in [3.63, 3.8) is 0 Å². The third kappa shape index (κ3) is 1.37. The van der Waals surface area contributed by atoms with Gasteiger partial charge in [0.05, 0.1) is 7.11 Å². The lowest BCUT2D eigenvalue weighted by Crippen LogP contribution is -2.30. The highest BCUT2D eigenvalue weighted by Crippen LogP contribution is 2.13. The molecule has 6 heteroatoms. The molecule has 0 radical (unpaired) electrons. The van der Waals surface area contributed by atoms with E-state index in [1.54, 1.807) is 7.05 Å². The molecule has 0 aliphatic heterocycles. The third-order valence-corrected chi connectivity index (χ3v) is 1.36. The van der Waals surface area contributed by atoms with Crippen LogP contribution in [0.3, 0.4) is 0 Å². The van der Waals surface area contributed by atoms with Crippen LogP contribution in [0, 0.1) is 0 Å². The molecule has 12 heavy (non-hydrogen) atoms. The lowest BCUT2D eigenvalue weighted by Gasteiger charge is -1.97. The molecule has 0 saturated carbocycles. The van der Waals surface area contributed by atoms with Crippen molar-refractivity contribution < 1.29 is 9.53 Å². The molecule has 1 aromatic heterocycles. The normalized spacial score (nSPS) is 9.58. The van der Waals surface area contributed by atoms with E-state index in [1.165, 1.54) is 18.0 Å². The Balaban J connectivity index is 3.04. The highest BCUT2D eigenvalue weighted by atomic mass is 16.5. The fourth-order valence-electron chi connectivity index (χ4n) is 0.852. The second kappa shape index (κ2) is 3.22. The minimum atomic E-state index is -0.417. The van der Waals surface area contributed by atoms with Gasteiger partial charge in [0.15, 0.2) is 0 Å². The molecule has 0 bridgehead atoms. The first kappa shape index (κ1) is 8.54. The molecular weight excluding hydrogens is 160 g/mol. The third-order valence-electron chi connectivity index (χ3n) is 1.36. The molecular formula is C6H10N4O2. The summed E-state index contributed by atoms with van der Waals surface area (Å²) in [4.78, 5) is 11.0. The monoisotopic (exact) mass is 170 g/mol. The number of nitrogen functional groups attached to an aromatic ring is 1. The molecule has 0 aliphatic carbocycles. The highest BCUT2D eigenvalue weighted by molar-refractivity contribution is 5.95. The maximum atomic E-state index is 11.0. The van der Waals surface area contributed by atoms with Crippen molar-refractivity contribution in [2.45, 2.75) is 0 Å². The van der Waals surface area contributed by atoms with Crippen LogP contribution in [-0.4, -0.2) is 22.8 Å². The number of methoxy groups -OCH3 is 1.